The molecule has 98 valence electrons. The van der Waals surface area contributed by atoms with Crippen molar-refractivity contribution in [1.82, 2.24) is 9.80 Å². The van der Waals surface area contributed by atoms with E-state index in [4.69, 9.17) is 4.74 Å². The van der Waals surface area contributed by atoms with Crippen LogP contribution in [0.15, 0.2) is 0 Å². The molecule has 2 unspecified atom stereocenters. The zero-order valence-electron chi connectivity index (χ0n) is 11.0. The highest BCUT2D eigenvalue weighted by Crippen LogP contribution is 2.25. The molecule has 4 heteroatoms. The van der Waals surface area contributed by atoms with Gasteiger partial charge < -0.3 is 9.64 Å². The van der Waals surface area contributed by atoms with Gasteiger partial charge in [0.05, 0.1) is 7.11 Å². The molecule has 0 amide bonds. The lowest BCUT2D eigenvalue weighted by atomic mass is 9.95. The van der Waals surface area contributed by atoms with Crippen LogP contribution < -0.4 is 0 Å². The molecule has 2 aliphatic rings. The van der Waals surface area contributed by atoms with Crippen LogP contribution in [0.25, 0.3) is 0 Å². The lowest BCUT2D eigenvalue weighted by Crippen LogP contribution is -2.49. The number of nitrogens with zero attached hydrogens (tertiary/aromatic N) is 2. The predicted octanol–water partition coefficient (Wildman–Crippen LogP) is 0.966. The normalized spacial score (nSPS) is 29.2. The number of hydrogen-bond donors (Lipinski definition) is 0. The summed E-state index contributed by atoms with van der Waals surface area (Å²) >= 11 is 0. The SMILES string of the molecule is COC(=O)C(C1CCN(C)C1)N1CCCCC1. The first-order valence-corrected chi connectivity index (χ1v) is 6.73. The Hall–Kier alpha value is -0.610. The van der Waals surface area contributed by atoms with Gasteiger partial charge in [-0.25, -0.2) is 0 Å². The number of carbonyl (C=O) groups excluding carboxylic acids is 1. The minimum Gasteiger partial charge on any atom is -0.468 e. The molecule has 2 heterocycles. The Morgan fingerprint density at radius 3 is 2.47 bits per heavy atom. The van der Waals surface area contributed by atoms with Gasteiger partial charge in [0, 0.05) is 6.54 Å². The number of ether oxygens (including phenoxy) is 1. The topological polar surface area (TPSA) is 32.8 Å². The highest BCUT2D eigenvalue weighted by Gasteiger charge is 2.37. The van der Waals surface area contributed by atoms with Gasteiger partial charge >= 0.3 is 5.97 Å². The van der Waals surface area contributed by atoms with Gasteiger partial charge in [-0.15, -0.1) is 0 Å². The standard InChI is InChI=1S/C13H24N2O2/c1-14-9-6-11(10-14)12(13(16)17-2)15-7-4-3-5-8-15/h11-12H,3-10H2,1-2H3. The van der Waals surface area contributed by atoms with Crippen LogP contribution in [0.5, 0.6) is 0 Å². The third kappa shape index (κ3) is 2.99. The van der Waals surface area contributed by atoms with Gasteiger partial charge in [0.15, 0.2) is 0 Å². The molecule has 2 saturated heterocycles. The molecule has 0 spiro atoms. The smallest absolute Gasteiger partial charge is 0.323 e. The summed E-state index contributed by atoms with van der Waals surface area (Å²) < 4.78 is 5.01. The number of likely N-dealkylation sites (tertiary alicyclic amines) is 2. The lowest BCUT2D eigenvalue weighted by Gasteiger charge is -2.35. The molecule has 0 radical (unpaired) electrons. The van der Waals surface area contributed by atoms with Crippen molar-refractivity contribution in [3.8, 4) is 0 Å². The molecule has 2 fully saturated rings. The van der Waals surface area contributed by atoms with E-state index < -0.39 is 0 Å². The molecule has 17 heavy (non-hydrogen) atoms. The molecule has 0 bridgehead atoms. The second kappa shape index (κ2) is 5.83. The van der Waals surface area contributed by atoms with E-state index in [1.54, 1.807) is 0 Å². The first-order chi connectivity index (χ1) is 8.22. The number of carbonyl (C=O) groups is 1. The summed E-state index contributed by atoms with van der Waals surface area (Å²) in [6, 6.07) is -0.00903. The van der Waals surface area contributed by atoms with Crippen molar-refractivity contribution in [2.45, 2.75) is 31.7 Å². The zero-order chi connectivity index (χ0) is 12.3. The Bertz CT molecular complexity index is 259. The summed E-state index contributed by atoms with van der Waals surface area (Å²) in [5.41, 5.74) is 0. The number of piperidine rings is 1. The largest absolute Gasteiger partial charge is 0.468 e. The molecule has 0 saturated carbocycles. The van der Waals surface area contributed by atoms with Crippen molar-refractivity contribution in [1.29, 1.82) is 0 Å². The van der Waals surface area contributed by atoms with Gasteiger partial charge in [-0.3, -0.25) is 9.69 Å². The van der Waals surface area contributed by atoms with E-state index in [0.717, 1.165) is 32.6 Å². The van der Waals surface area contributed by atoms with Crippen LogP contribution in [0.4, 0.5) is 0 Å². The van der Waals surface area contributed by atoms with Crippen molar-refractivity contribution in [3.05, 3.63) is 0 Å². The maximum Gasteiger partial charge on any atom is 0.323 e. The summed E-state index contributed by atoms with van der Waals surface area (Å²) in [4.78, 5) is 16.7. The number of methoxy groups -OCH3 is 1. The van der Waals surface area contributed by atoms with Gasteiger partial charge in [-0.2, -0.15) is 0 Å². The average Bonchev–Trinajstić information content (AvgIpc) is 2.77. The van der Waals surface area contributed by atoms with Crippen LogP contribution in [0, 0.1) is 5.92 Å². The van der Waals surface area contributed by atoms with Crippen LogP contribution in [-0.2, 0) is 9.53 Å². The summed E-state index contributed by atoms with van der Waals surface area (Å²) in [7, 11) is 3.64. The number of hydrogen-bond acceptors (Lipinski definition) is 4. The molecular weight excluding hydrogens is 216 g/mol. The first-order valence-electron chi connectivity index (χ1n) is 6.73. The summed E-state index contributed by atoms with van der Waals surface area (Å²) in [6.45, 7) is 4.24. The molecule has 2 atom stereocenters. The zero-order valence-corrected chi connectivity index (χ0v) is 11.0. The number of esters is 1. The molecule has 0 aliphatic carbocycles. The van der Waals surface area contributed by atoms with E-state index >= 15 is 0 Å². The highest BCUT2D eigenvalue weighted by atomic mass is 16.5. The fourth-order valence-corrected chi connectivity index (χ4v) is 3.18. The quantitative estimate of drug-likeness (QED) is 0.688. The van der Waals surface area contributed by atoms with E-state index in [-0.39, 0.29) is 12.0 Å². The Morgan fingerprint density at radius 1 is 1.24 bits per heavy atom. The average molecular weight is 240 g/mol. The third-order valence-corrected chi connectivity index (χ3v) is 4.10. The summed E-state index contributed by atoms with van der Waals surface area (Å²) in [6.07, 6.45) is 4.85. The van der Waals surface area contributed by atoms with Gasteiger partial charge in [0.1, 0.15) is 6.04 Å². The minimum atomic E-state index is -0.0350. The van der Waals surface area contributed by atoms with E-state index in [2.05, 4.69) is 16.8 Å². The van der Waals surface area contributed by atoms with E-state index in [1.807, 2.05) is 0 Å². The van der Waals surface area contributed by atoms with Crippen molar-refractivity contribution in [2.75, 3.05) is 40.3 Å². The molecule has 0 aromatic rings. The Morgan fingerprint density at radius 2 is 1.94 bits per heavy atom. The molecule has 0 aromatic carbocycles. The Labute approximate surface area is 104 Å². The van der Waals surface area contributed by atoms with Gasteiger partial charge in [0.2, 0.25) is 0 Å². The monoisotopic (exact) mass is 240 g/mol. The summed E-state index contributed by atoms with van der Waals surface area (Å²) in [5.74, 6) is 0.415. The molecule has 0 N–H and O–H groups in total. The Balaban J connectivity index is 2.04. The van der Waals surface area contributed by atoms with Gasteiger partial charge in [0.25, 0.3) is 0 Å². The maximum atomic E-state index is 12.0. The second-order valence-corrected chi connectivity index (χ2v) is 5.38. The van der Waals surface area contributed by atoms with Crippen LogP contribution in [-0.4, -0.2) is 62.1 Å². The molecule has 0 aromatic heterocycles. The summed E-state index contributed by atoms with van der Waals surface area (Å²) in [5, 5.41) is 0. The van der Waals surface area contributed by atoms with Gasteiger partial charge in [-0.05, 0) is 51.9 Å². The fraction of sp³-hybridized carbons (Fsp3) is 0.923. The third-order valence-electron chi connectivity index (χ3n) is 4.10. The molecule has 2 aliphatic heterocycles. The van der Waals surface area contributed by atoms with Crippen LogP contribution in [0.1, 0.15) is 25.7 Å². The van der Waals surface area contributed by atoms with E-state index in [9.17, 15) is 4.79 Å². The molecular formula is C13H24N2O2. The molecule has 2 rings (SSSR count). The van der Waals surface area contributed by atoms with E-state index in [0.29, 0.717) is 5.92 Å². The van der Waals surface area contributed by atoms with E-state index in [1.165, 1.54) is 26.4 Å². The van der Waals surface area contributed by atoms with Crippen LogP contribution in [0.2, 0.25) is 0 Å². The van der Waals surface area contributed by atoms with Crippen LogP contribution >= 0.6 is 0 Å². The van der Waals surface area contributed by atoms with Crippen molar-refractivity contribution in [3.63, 3.8) is 0 Å². The van der Waals surface area contributed by atoms with Crippen LogP contribution in [0.3, 0.4) is 0 Å². The molecule has 4 nitrogen and oxygen atoms in total. The minimum absolute atomic E-state index is 0.00903. The maximum absolute atomic E-state index is 12.0. The lowest BCUT2D eigenvalue weighted by molar-refractivity contribution is -0.149. The fourth-order valence-electron chi connectivity index (χ4n) is 3.18. The second-order valence-electron chi connectivity index (χ2n) is 5.38. The van der Waals surface area contributed by atoms with Crippen molar-refractivity contribution in [2.24, 2.45) is 5.92 Å². The Kier molecular flexibility index (Phi) is 4.40. The predicted molar refractivity (Wildman–Crippen MR) is 66.8 cm³/mol. The van der Waals surface area contributed by atoms with Crippen molar-refractivity contribution < 1.29 is 9.53 Å². The van der Waals surface area contributed by atoms with Gasteiger partial charge in [-0.1, -0.05) is 6.42 Å². The van der Waals surface area contributed by atoms with Crippen molar-refractivity contribution >= 4 is 5.97 Å². The highest BCUT2D eigenvalue weighted by molar-refractivity contribution is 5.76. The number of rotatable bonds is 3. The first kappa shape index (κ1) is 12.8.